The molecule has 5 heteroatoms. The summed E-state index contributed by atoms with van der Waals surface area (Å²) in [5.41, 5.74) is 2.87. The molecule has 2 aromatic carbocycles. The van der Waals surface area contributed by atoms with E-state index in [9.17, 15) is 4.79 Å². The number of nitrogens with one attached hydrogen (secondary N) is 1. The van der Waals surface area contributed by atoms with E-state index in [1.165, 1.54) is 7.11 Å². The van der Waals surface area contributed by atoms with Gasteiger partial charge in [-0.25, -0.2) is 4.79 Å². The van der Waals surface area contributed by atoms with Crippen molar-refractivity contribution in [2.24, 2.45) is 0 Å². The van der Waals surface area contributed by atoms with Gasteiger partial charge in [0.1, 0.15) is 5.69 Å². The van der Waals surface area contributed by atoms with Crippen LogP contribution in [0.25, 0.3) is 22.2 Å². The summed E-state index contributed by atoms with van der Waals surface area (Å²) in [4.78, 5) is 11.5. The van der Waals surface area contributed by atoms with E-state index in [2.05, 4.69) is 10.2 Å². The van der Waals surface area contributed by atoms with Gasteiger partial charge >= 0.3 is 5.97 Å². The van der Waals surface area contributed by atoms with Gasteiger partial charge in [-0.3, -0.25) is 5.10 Å². The fourth-order valence-corrected chi connectivity index (χ4v) is 2.35. The molecule has 4 nitrogen and oxygen atoms in total. The third-order valence-electron chi connectivity index (χ3n) is 3.11. The molecule has 3 aromatic rings. The van der Waals surface area contributed by atoms with Crippen LogP contribution in [0.4, 0.5) is 0 Å². The minimum atomic E-state index is -0.374. The summed E-state index contributed by atoms with van der Waals surface area (Å²) < 4.78 is 4.70. The highest BCUT2D eigenvalue weighted by molar-refractivity contribution is 6.33. The van der Waals surface area contributed by atoms with Crippen molar-refractivity contribution in [1.29, 1.82) is 0 Å². The van der Waals surface area contributed by atoms with Crippen molar-refractivity contribution in [1.82, 2.24) is 10.2 Å². The summed E-state index contributed by atoms with van der Waals surface area (Å²) in [5, 5.41) is 8.75. The first kappa shape index (κ1) is 12.7. The Morgan fingerprint density at radius 3 is 2.80 bits per heavy atom. The number of hydrogen-bond acceptors (Lipinski definition) is 3. The molecule has 0 saturated carbocycles. The molecule has 3 rings (SSSR count). The molecule has 0 amide bonds. The maximum absolute atomic E-state index is 11.5. The van der Waals surface area contributed by atoms with Crippen molar-refractivity contribution in [3.05, 3.63) is 53.1 Å². The molecule has 100 valence electrons. The number of H-pyrrole nitrogens is 1. The van der Waals surface area contributed by atoms with Gasteiger partial charge in [0.05, 0.1) is 23.2 Å². The number of fused-ring (bicyclic) bond motifs is 1. The highest BCUT2D eigenvalue weighted by atomic mass is 35.5. The lowest BCUT2D eigenvalue weighted by atomic mass is 10.1. The van der Waals surface area contributed by atoms with Gasteiger partial charge < -0.3 is 4.74 Å². The van der Waals surface area contributed by atoms with Crippen LogP contribution in [0.3, 0.4) is 0 Å². The van der Waals surface area contributed by atoms with Crippen LogP contribution < -0.4 is 0 Å². The number of benzene rings is 2. The number of methoxy groups -OCH3 is 1. The first-order valence-electron chi connectivity index (χ1n) is 6.02. The van der Waals surface area contributed by atoms with Gasteiger partial charge in [0, 0.05) is 10.9 Å². The molecule has 0 radical (unpaired) electrons. The number of esters is 1. The predicted molar refractivity (Wildman–Crippen MR) is 77.9 cm³/mol. The van der Waals surface area contributed by atoms with E-state index in [0.29, 0.717) is 10.6 Å². The Morgan fingerprint density at radius 2 is 2.05 bits per heavy atom. The number of aromatic nitrogens is 2. The lowest BCUT2D eigenvalue weighted by molar-refractivity contribution is 0.0601. The molecule has 1 N–H and O–H groups in total. The number of hydrogen-bond donors (Lipinski definition) is 1. The number of rotatable bonds is 2. The molecule has 0 unspecified atom stereocenters. The summed E-state index contributed by atoms with van der Waals surface area (Å²) in [6.45, 7) is 0. The normalized spacial score (nSPS) is 10.7. The third kappa shape index (κ3) is 2.04. The van der Waals surface area contributed by atoms with Crippen LogP contribution in [0, 0.1) is 0 Å². The molecular weight excluding hydrogens is 276 g/mol. The Labute approximate surface area is 120 Å². The van der Waals surface area contributed by atoms with E-state index in [-0.39, 0.29) is 5.97 Å². The molecular formula is C15H11ClN2O2. The molecule has 1 heterocycles. The van der Waals surface area contributed by atoms with Crippen LogP contribution in [0.15, 0.2) is 42.5 Å². The van der Waals surface area contributed by atoms with Gasteiger partial charge in [-0.15, -0.1) is 0 Å². The molecule has 0 atom stereocenters. The Balaban J connectivity index is 2.16. The van der Waals surface area contributed by atoms with Gasteiger partial charge in [0.2, 0.25) is 0 Å². The summed E-state index contributed by atoms with van der Waals surface area (Å²) in [6, 6.07) is 12.8. The number of nitrogens with zero attached hydrogens (tertiary/aromatic N) is 1. The zero-order chi connectivity index (χ0) is 14.1. The second-order valence-corrected chi connectivity index (χ2v) is 4.71. The van der Waals surface area contributed by atoms with E-state index in [4.69, 9.17) is 16.3 Å². The van der Waals surface area contributed by atoms with Gasteiger partial charge in [0.15, 0.2) is 0 Å². The first-order valence-corrected chi connectivity index (χ1v) is 6.40. The van der Waals surface area contributed by atoms with Crippen LogP contribution >= 0.6 is 11.6 Å². The van der Waals surface area contributed by atoms with Crippen LogP contribution in [-0.2, 0) is 4.74 Å². The van der Waals surface area contributed by atoms with Gasteiger partial charge in [-0.2, -0.15) is 5.10 Å². The maximum Gasteiger partial charge on any atom is 0.337 e. The molecule has 20 heavy (non-hydrogen) atoms. The van der Waals surface area contributed by atoms with Crippen LogP contribution in [0.5, 0.6) is 0 Å². The van der Waals surface area contributed by atoms with Gasteiger partial charge in [0.25, 0.3) is 0 Å². The maximum atomic E-state index is 11.5. The third-order valence-corrected chi connectivity index (χ3v) is 3.44. The monoisotopic (exact) mass is 286 g/mol. The van der Waals surface area contributed by atoms with Crippen molar-refractivity contribution in [3.63, 3.8) is 0 Å². The fraction of sp³-hybridized carbons (Fsp3) is 0.0667. The minimum absolute atomic E-state index is 0.374. The number of carbonyl (C=O) groups excluding carboxylic acids is 1. The topological polar surface area (TPSA) is 55.0 Å². The molecule has 0 aliphatic carbocycles. The second kappa shape index (κ2) is 4.98. The smallest absolute Gasteiger partial charge is 0.337 e. The lowest BCUT2D eigenvalue weighted by Crippen LogP contribution is -2.00. The van der Waals surface area contributed by atoms with E-state index >= 15 is 0 Å². The van der Waals surface area contributed by atoms with Crippen molar-refractivity contribution < 1.29 is 9.53 Å². The zero-order valence-electron chi connectivity index (χ0n) is 10.7. The van der Waals surface area contributed by atoms with Crippen LogP contribution in [0.1, 0.15) is 10.4 Å². The Bertz CT molecular complexity index is 795. The summed E-state index contributed by atoms with van der Waals surface area (Å²) >= 11 is 6.19. The highest BCUT2D eigenvalue weighted by Crippen LogP contribution is 2.31. The largest absolute Gasteiger partial charge is 0.465 e. The Hall–Kier alpha value is -2.33. The van der Waals surface area contributed by atoms with Gasteiger partial charge in [-0.1, -0.05) is 29.8 Å². The van der Waals surface area contributed by atoms with Gasteiger partial charge in [-0.05, 0) is 24.3 Å². The van der Waals surface area contributed by atoms with E-state index < -0.39 is 0 Å². The summed E-state index contributed by atoms with van der Waals surface area (Å²) in [7, 11) is 1.36. The molecule has 0 spiro atoms. The van der Waals surface area contributed by atoms with Crippen LogP contribution in [0.2, 0.25) is 5.02 Å². The average Bonchev–Trinajstić information content (AvgIpc) is 2.90. The second-order valence-electron chi connectivity index (χ2n) is 4.30. The Morgan fingerprint density at radius 1 is 1.25 bits per heavy atom. The highest BCUT2D eigenvalue weighted by Gasteiger charge is 2.13. The van der Waals surface area contributed by atoms with Crippen molar-refractivity contribution in [2.45, 2.75) is 0 Å². The minimum Gasteiger partial charge on any atom is -0.465 e. The molecule has 0 fully saturated rings. The van der Waals surface area contributed by atoms with Crippen molar-refractivity contribution in [2.75, 3.05) is 7.11 Å². The number of ether oxygens (including phenoxy) is 1. The lowest BCUT2D eigenvalue weighted by Gasteiger charge is -2.01. The zero-order valence-corrected chi connectivity index (χ0v) is 11.4. The van der Waals surface area contributed by atoms with Crippen LogP contribution in [-0.4, -0.2) is 23.3 Å². The quantitative estimate of drug-likeness (QED) is 0.731. The van der Waals surface area contributed by atoms with Crippen molar-refractivity contribution >= 4 is 28.5 Å². The molecule has 0 aliphatic heterocycles. The predicted octanol–water partition coefficient (Wildman–Crippen LogP) is 3.67. The summed E-state index contributed by atoms with van der Waals surface area (Å²) in [6.07, 6.45) is 0. The standard InChI is InChI=1S/C15H11ClN2O2/c1-20-15(19)9-6-7-11-13(8-9)17-18-14(11)10-4-2-3-5-12(10)16/h2-8H,1H3,(H,17,18). The molecule has 0 saturated heterocycles. The number of carbonyl (C=O) groups is 1. The fourth-order valence-electron chi connectivity index (χ4n) is 2.12. The SMILES string of the molecule is COC(=O)c1ccc2c(-c3ccccc3Cl)n[nH]c2c1. The van der Waals surface area contributed by atoms with Crippen molar-refractivity contribution in [3.8, 4) is 11.3 Å². The van der Waals surface area contributed by atoms with E-state index in [1.807, 2.05) is 30.3 Å². The van der Waals surface area contributed by atoms with E-state index in [0.717, 1.165) is 22.2 Å². The average molecular weight is 287 g/mol. The first-order chi connectivity index (χ1) is 9.70. The Kier molecular flexibility index (Phi) is 3.16. The summed E-state index contributed by atoms with van der Waals surface area (Å²) in [5.74, 6) is -0.374. The molecule has 0 aliphatic rings. The number of halogens is 1. The number of aromatic amines is 1. The molecule has 1 aromatic heterocycles. The molecule has 0 bridgehead atoms. The van der Waals surface area contributed by atoms with E-state index in [1.54, 1.807) is 12.1 Å².